The molecule has 2 aliphatic rings. The van der Waals surface area contributed by atoms with Gasteiger partial charge in [-0.05, 0) is 26.2 Å². The topological polar surface area (TPSA) is 50.2 Å². The fourth-order valence-corrected chi connectivity index (χ4v) is 3.13. The average Bonchev–Trinajstić information content (AvgIpc) is 2.91. The molecule has 0 aromatic carbocycles. The highest BCUT2D eigenvalue weighted by Gasteiger charge is 2.39. The van der Waals surface area contributed by atoms with Gasteiger partial charge in [-0.2, -0.15) is 0 Å². The van der Waals surface area contributed by atoms with Crippen molar-refractivity contribution in [2.75, 3.05) is 24.5 Å². The number of rotatable bonds is 2. The number of anilines is 1. The van der Waals surface area contributed by atoms with E-state index in [1.54, 1.807) is 17.0 Å². The number of nitrogens with one attached hydrogen (secondary N) is 1. The zero-order valence-electron chi connectivity index (χ0n) is 11.0. The minimum Gasteiger partial charge on any atom is -0.347 e. The number of nitrogens with zero attached hydrogens (tertiary/aromatic N) is 3. The molecule has 0 amide bonds. The van der Waals surface area contributed by atoms with E-state index < -0.39 is 0 Å². The molecular formula is C13H20N4O. The Balaban J connectivity index is 1.97. The summed E-state index contributed by atoms with van der Waals surface area (Å²) in [5.74, 6) is 1.31. The number of aromatic nitrogens is 2. The van der Waals surface area contributed by atoms with Gasteiger partial charge in [0.1, 0.15) is 0 Å². The standard InChI is InChI=1S/C13H20N4O/c1-9(2)16-6-4-15-12(13(16)18)17-5-3-10-7-14-8-11(10)17/h4,6,9-11,14H,3,5,7-8H2,1-2H3/t10-,11+/m0/s1. The first-order valence-electron chi connectivity index (χ1n) is 6.73. The molecule has 1 N–H and O–H groups in total. The van der Waals surface area contributed by atoms with Gasteiger partial charge < -0.3 is 14.8 Å². The second-order valence-corrected chi connectivity index (χ2v) is 5.52. The largest absolute Gasteiger partial charge is 0.347 e. The molecule has 0 radical (unpaired) electrons. The van der Waals surface area contributed by atoms with Crippen molar-refractivity contribution in [2.24, 2.45) is 5.92 Å². The van der Waals surface area contributed by atoms with Crippen LogP contribution >= 0.6 is 0 Å². The molecule has 1 aromatic rings. The van der Waals surface area contributed by atoms with Gasteiger partial charge in [-0.15, -0.1) is 0 Å². The summed E-state index contributed by atoms with van der Waals surface area (Å²) in [5, 5.41) is 3.40. The van der Waals surface area contributed by atoms with Crippen LogP contribution in [0.1, 0.15) is 26.3 Å². The van der Waals surface area contributed by atoms with Crippen LogP contribution < -0.4 is 15.8 Å². The van der Waals surface area contributed by atoms with Gasteiger partial charge in [-0.1, -0.05) is 0 Å². The molecule has 3 heterocycles. The Labute approximate surface area is 107 Å². The van der Waals surface area contributed by atoms with Gasteiger partial charge in [-0.3, -0.25) is 4.79 Å². The maximum absolute atomic E-state index is 12.4. The number of hydrogen-bond donors (Lipinski definition) is 1. The van der Waals surface area contributed by atoms with Gasteiger partial charge in [0, 0.05) is 44.1 Å². The minimum absolute atomic E-state index is 0.0417. The van der Waals surface area contributed by atoms with Gasteiger partial charge >= 0.3 is 0 Å². The van der Waals surface area contributed by atoms with Gasteiger partial charge in [-0.25, -0.2) is 4.98 Å². The Kier molecular flexibility index (Phi) is 2.86. The maximum atomic E-state index is 12.4. The molecule has 98 valence electrons. The fraction of sp³-hybridized carbons (Fsp3) is 0.692. The zero-order valence-corrected chi connectivity index (χ0v) is 11.0. The summed E-state index contributed by atoms with van der Waals surface area (Å²) in [4.78, 5) is 19.0. The lowest BCUT2D eigenvalue weighted by molar-refractivity contribution is 0.559. The highest BCUT2D eigenvalue weighted by Crippen LogP contribution is 2.29. The smallest absolute Gasteiger partial charge is 0.293 e. The Hall–Kier alpha value is -1.36. The van der Waals surface area contributed by atoms with Crippen molar-refractivity contribution in [3.8, 4) is 0 Å². The first-order chi connectivity index (χ1) is 8.68. The fourth-order valence-electron chi connectivity index (χ4n) is 3.13. The monoisotopic (exact) mass is 248 g/mol. The van der Waals surface area contributed by atoms with E-state index >= 15 is 0 Å². The van der Waals surface area contributed by atoms with E-state index in [1.807, 2.05) is 13.8 Å². The molecule has 5 heteroatoms. The first-order valence-corrected chi connectivity index (χ1v) is 6.73. The molecule has 0 unspecified atom stereocenters. The molecule has 2 atom stereocenters. The van der Waals surface area contributed by atoms with E-state index in [9.17, 15) is 4.79 Å². The Morgan fingerprint density at radius 1 is 1.44 bits per heavy atom. The van der Waals surface area contributed by atoms with Gasteiger partial charge in [0.2, 0.25) is 0 Å². The molecule has 2 saturated heterocycles. The molecule has 0 spiro atoms. The first kappa shape index (κ1) is 11.7. The zero-order chi connectivity index (χ0) is 12.7. The molecule has 0 aliphatic carbocycles. The van der Waals surface area contributed by atoms with Gasteiger partial charge in [0.25, 0.3) is 5.56 Å². The molecule has 2 aliphatic heterocycles. The Morgan fingerprint density at radius 3 is 3.06 bits per heavy atom. The average molecular weight is 248 g/mol. The summed E-state index contributed by atoms with van der Waals surface area (Å²) >= 11 is 0. The van der Waals surface area contributed by atoms with Crippen LogP contribution in [0.15, 0.2) is 17.2 Å². The summed E-state index contributed by atoms with van der Waals surface area (Å²) < 4.78 is 1.76. The third kappa shape index (κ3) is 1.73. The van der Waals surface area contributed by atoms with Gasteiger partial charge in [0.05, 0.1) is 0 Å². The molecule has 0 bridgehead atoms. The quantitative estimate of drug-likeness (QED) is 0.833. The minimum atomic E-state index is 0.0417. The van der Waals surface area contributed by atoms with Crippen LogP contribution in [-0.4, -0.2) is 35.2 Å². The van der Waals surface area contributed by atoms with Crippen molar-refractivity contribution < 1.29 is 0 Å². The lowest BCUT2D eigenvalue weighted by Gasteiger charge is -2.24. The van der Waals surface area contributed by atoms with Crippen molar-refractivity contribution >= 4 is 5.82 Å². The highest BCUT2D eigenvalue weighted by atomic mass is 16.1. The number of fused-ring (bicyclic) bond motifs is 1. The van der Waals surface area contributed by atoms with Crippen LogP contribution in [0, 0.1) is 5.92 Å². The molecule has 1 aromatic heterocycles. The summed E-state index contributed by atoms with van der Waals surface area (Å²) in [7, 11) is 0. The highest BCUT2D eigenvalue weighted by molar-refractivity contribution is 5.40. The predicted octanol–water partition coefficient (Wildman–Crippen LogP) is 0.622. The lowest BCUT2D eigenvalue weighted by atomic mass is 10.1. The van der Waals surface area contributed by atoms with Crippen LogP contribution in [-0.2, 0) is 0 Å². The number of hydrogen-bond acceptors (Lipinski definition) is 4. The van der Waals surface area contributed by atoms with E-state index in [2.05, 4.69) is 15.2 Å². The van der Waals surface area contributed by atoms with E-state index in [0.29, 0.717) is 17.8 Å². The van der Waals surface area contributed by atoms with Crippen LogP contribution in [0.25, 0.3) is 0 Å². The summed E-state index contributed by atoms with van der Waals surface area (Å²) in [6.45, 7) is 7.06. The van der Waals surface area contributed by atoms with E-state index in [-0.39, 0.29) is 11.6 Å². The second-order valence-electron chi connectivity index (χ2n) is 5.52. The van der Waals surface area contributed by atoms with Crippen LogP contribution in [0.2, 0.25) is 0 Å². The van der Waals surface area contributed by atoms with Crippen molar-refractivity contribution in [3.63, 3.8) is 0 Å². The summed E-state index contributed by atoms with van der Waals surface area (Å²) in [6, 6.07) is 0.632. The molecule has 18 heavy (non-hydrogen) atoms. The second kappa shape index (κ2) is 4.39. The van der Waals surface area contributed by atoms with Crippen molar-refractivity contribution in [1.29, 1.82) is 0 Å². The molecule has 5 nitrogen and oxygen atoms in total. The summed E-state index contributed by atoms with van der Waals surface area (Å²) in [5.41, 5.74) is 0.0417. The van der Waals surface area contributed by atoms with Crippen molar-refractivity contribution in [1.82, 2.24) is 14.9 Å². The van der Waals surface area contributed by atoms with E-state index in [0.717, 1.165) is 26.1 Å². The normalized spacial score (nSPS) is 26.9. The van der Waals surface area contributed by atoms with Gasteiger partial charge in [0.15, 0.2) is 5.82 Å². The molecule has 0 saturated carbocycles. The van der Waals surface area contributed by atoms with E-state index in [4.69, 9.17) is 0 Å². The third-order valence-electron chi connectivity index (χ3n) is 4.12. The maximum Gasteiger partial charge on any atom is 0.293 e. The third-order valence-corrected chi connectivity index (χ3v) is 4.12. The molecule has 2 fully saturated rings. The molecular weight excluding hydrogens is 228 g/mol. The van der Waals surface area contributed by atoms with Crippen LogP contribution in [0.3, 0.4) is 0 Å². The Bertz CT molecular complexity index is 496. The van der Waals surface area contributed by atoms with Crippen molar-refractivity contribution in [2.45, 2.75) is 32.4 Å². The van der Waals surface area contributed by atoms with Crippen LogP contribution in [0.5, 0.6) is 0 Å². The predicted molar refractivity (Wildman–Crippen MR) is 71.0 cm³/mol. The molecule has 3 rings (SSSR count). The lowest BCUT2D eigenvalue weighted by Crippen LogP contribution is -2.40. The summed E-state index contributed by atoms with van der Waals surface area (Å²) in [6.07, 6.45) is 4.68. The Morgan fingerprint density at radius 2 is 2.28 bits per heavy atom. The van der Waals surface area contributed by atoms with Crippen molar-refractivity contribution in [3.05, 3.63) is 22.7 Å². The SMILES string of the molecule is CC(C)n1ccnc(N2CC[C@H]3CNC[C@H]32)c1=O. The van der Waals surface area contributed by atoms with Crippen LogP contribution in [0.4, 0.5) is 5.82 Å². The van der Waals surface area contributed by atoms with E-state index in [1.165, 1.54) is 0 Å².